The van der Waals surface area contributed by atoms with Crippen LogP contribution in [0.2, 0.25) is 0 Å². The maximum atomic E-state index is 12.6. The molecule has 1 saturated heterocycles. The molecule has 1 atom stereocenters. The summed E-state index contributed by atoms with van der Waals surface area (Å²) in [6, 6.07) is 19.5. The van der Waals surface area contributed by atoms with Gasteiger partial charge in [-0.2, -0.15) is 0 Å². The average Bonchev–Trinajstić information content (AvgIpc) is 2.83. The molecule has 0 radical (unpaired) electrons. The first-order valence-corrected chi connectivity index (χ1v) is 7.37. The van der Waals surface area contributed by atoms with Gasteiger partial charge in [-0.1, -0.05) is 48.5 Å². The fourth-order valence-corrected chi connectivity index (χ4v) is 2.82. The van der Waals surface area contributed by atoms with E-state index >= 15 is 0 Å². The molecule has 1 aliphatic heterocycles. The zero-order valence-corrected chi connectivity index (χ0v) is 12.6. The van der Waals surface area contributed by atoms with Crippen LogP contribution in [-0.4, -0.2) is 23.2 Å². The van der Waals surface area contributed by atoms with E-state index in [2.05, 4.69) is 0 Å². The van der Waals surface area contributed by atoms with Crippen LogP contribution in [0.4, 0.5) is 5.69 Å². The van der Waals surface area contributed by atoms with Gasteiger partial charge in [0.2, 0.25) is 5.91 Å². The number of para-hydroxylation sites is 1. The van der Waals surface area contributed by atoms with Gasteiger partial charge < -0.3 is 0 Å². The second kappa shape index (κ2) is 5.73. The molecule has 2 N–H and O–H groups in total. The Kier molecular flexibility index (Phi) is 3.77. The Morgan fingerprint density at radius 3 is 2.23 bits per heavy atom. The van der Waals surface area contributed by atoms with Crippen LogP contribution in [0, 0.1) is 5.41 Å². The number of hydrogen-bond donors (Lipinski definition) is 1. The standard InChI is InChI=1S/C18H19N3O/c1-18(12-13-21(19)17(18)22)16(14-8-4-2-5-9-14)20-15-10-6-3-7-11-15/h2-11H,12-13,19H2,1H3/t18-/m0/s1. The van der Waals surface area contributed by atoms with Gasteiger partial charge in [-0.25, -0.2) is 5.84 Å². The van der Waals surface area contributed by atoms with Crippen LogP contribution < -0.4 is 5.84 Å². The minimum Gasteiger partial charge on any atom is -0.280 e. The third-order valence-corrected chi connectivity index (χ3v) is 4.15. The van der Waals surface area contributed by atoms with E-state index in [9.17, 15) is 4.79 Å². The third kappa shape index (κ3) is 2.53. The van der Waals surface area contributed by atoms with Crippen molar-refractivity contribution >= 4 is 17.3 Å². The Hall–Kier alpha value is -2.46. The Bertz CT molecular complexity index is 697. The molecule has 22 heavy (non-hydrogen) atoms. The van der Waals surface area contributed by atoms with Gasteiger partial charge in [-0.05, 0) is 31.0 Å². The van der Waals surface area contributed by atoms with Crippen molar-refractivity contribution in [2.75, 3.05) is 6.54 Å². The lowest BCUT2D eigenvalue weighted by molar-refractivity contribution is -0.132. The largest absolute Gasteiger partial charge is 0.280 e. The number of hydrazine groups is 1. The highest BCUT2D eigenvalue weighted by Crippen LogP contribution is 2.35. The molecule has 4 nitrogen and oxygen atoms in total. The normalized spacial score (nSPS) is 22.2. The number of nitrogens with two attached hydrogens (primary N) is 1. The first-order valence-electron chi connectivity index (χ1n) is 7.37. The van der Waals surface area contributed by atoms with Gasteiger partial charge in [0.05, 0.1) is 16.8 Å². The number of amides is 1. The summed E-state index contributed by atoms with van der Waals surface area (Å²) in [6.45, 7) is 2.48. The van der Waals surface area contributed by atoms with Gasteiger partial charge >= 0.3 is 0 Å². The molecule has 0 unspecified atom stereocenters. The Balaban J connectivity index is 2.13. The van der Waals surface area contributed by atoms with Crippen molar-refractivity contribution < 1.29 is 4.79 Å². The van der Waals surface area contributed by atoms with Gasteiger partial charge in [0.15, 0.2) is 0 Å². The Morgan fingerprint density at radius 2 is 1.68 bits per heavy atom. The molecular weight excluding hydrogens is 274 g/mol. The lowest BCUT2D eigenvalue weighted by Gasteiger charge is -2.24. The highest BCUT2D eigenvalue weighted by atomic mass is 16.2. The number of aliphatic imine (C=N–C) groups is 1. The predicted octanol–water partition coefficient (Wildman–Crippen LogP) is 2.92. The molecule has 2 aromatic rings. The highest BCUT2D eigenvalue weighted by molar-refractivity contribution is 6.17. The predicted molar refractivity (Wildman–Crippen MR) is 87.7 cm³/mol. The van der Waals surface area contributed by atoms with Crippen molar-refractivity contribution in [1.29, 1.82) is 0 Å². The number of carbonyl (C=O) groups excluding carboxylic acids is 1. The summed E-state index contributed by atoms with van der Waals surface area (Å²) < 4.78 is 0. The zero-order valence-electron chi connectivity index (χ0n) is 12.6. The summed E-state index contributed by atoms with van der Waals surface area (Å²) in [6.07, 6.45) is 0.670. The molecule has 0 saturated carbocycles. The molecular formula is C18H19N3O. The summed E-state index contributed by atoms with van der Waals surface area (Å²) in [5, 5.41) is 1.30. The second-order valence-electron chi connectivity index (χ2n) is 5.74. The van der Waals surface area contributed by atoms with Crippen molar-refractivity contribution in [3.05, 3.63) is 66.2 Å². The highest BCUT2D eigenvalue weighted by Gasteiger charge is 2.46. The summed E-state index contributed by atoms with van der Waals surface area (Å²) >= 11 is 0. The molecule has 1 heterocycles. The first kappa shape index (κ1) is 14.5. The second-order valence-corrected chi connectivity index (χ2v) is 5.74. The van der Waals surface area contributed by atoms with Crippen LogP contribution in [0.15, 0.2) is 65.7 Å². The fraction of sp³-hybridized carbons (Fsp3) is 0.222. The van der Waals surface area contributed by atoms with Gasteiger partial charge in [0.25, 0.3) is 0 Å². The molecule has 0 aliphatic carbocycles. The number of rotatable bonds is 3. The Morgan fingerprint density at radius 1 is 1.09 bits per heavy atom. The van der Waals surface area contributed by atoms with Crippen LogP contribution in [-0.2, 0) is 4.79 Å². The van der Waals surface area contributed by atoms with Gasteiger partial charge in [-0.3, -0.25) is 14.8 Å². The van der Waals surface area contributed by atoms with Crippen molar-refractivity contribution in [2.45, 2.75) is 13.3 Å². The van der Waals surface area contributed by atoms with Crippen molar-refractivity contribution in [3.8, 4) is 0 Å². The molecule has 0 bridgehead atoms. The summed E-state index contributed by atoms with van der Waals surface area (Å²) in [5.41, 5.74) is 1.88. The summed E-state index contributed by atoms with van der Waals surface area (Å²) in [5.74, 6) is 5.71. The van der Waals surface area contributed by atoms with Gasteiger partial charge in [0.1, 0.15) is 0 Å². The van der Waals surface area contributed by atoms with E-state index in [0.29, 0.717) is 13.0 Å². The number of nitrogens with zero attached hydrogens (tertiary/aromatic N) is 2. The van der Waals surface area contributed by atoms with E-state index in [1.807, 2.05) is 67.6 Å². The Labute approximate surface area is 130 Å². The SMILES string of the molecule is C[C@@]1(C(=Nc2ccccc2)c2ccccc2)CCN(N)C1=O. The molecule has 2 aromatic carbocycles. The van der Waals surface area contributed by atoms with E-state index in [1.54, 1.807) is 0 Å². The third-order valence-electron chi connectivity index (χ3n) is 4.15. The van der Waals surface area contributed by atoms with Crippen LogP contribution in [0.3, 0.4) is 0 Å². The molecule has 1 aliphatic rings. The van der Waals surface area contributed by atoms with E-state index in [1.165, 1.54) is 5.01 Å². The molecule has 3 rings (SSSR count). The quantitative estimate of drug-likeness (QED) is 0.537. The van der Waals surface area contributed by atoms with Crippen molar-refractivity contribution in [1.82, 2.24) is 5.01 Å². The monoisotopic (exact) mass is 293 g/mol. The van der Waals surface area contributed by atoms with Crippen LogP contribution in [0.25, 0.3) is 0 Å². The van der Waals surface area contributed by atoms with Crippen molar-refractivity contribution in [2.24, 2.45) is 16.3 Å². The topological polar surface area (TPSA) is 58.7 Å². The van der Waals surface area contributed by atoms with E-state index in [-0.39, 0.29) is 5.91 Å². The molecule has 112 valence electrons. The van der Waals surface area contributed by atoms with Gasteiger partial charge in [-0.15, -0.1) is 0 Å². The number of carbonyl (C=O) groups is 1. The van der Waals surface area contributed by atoms with Gasteiger partial charge in [0, 0.05) is 6.54 Å². The maximum Gasteiger partial charge on any atom is 0.248 e. The lowest BCUT2D eigenvalue weighted by atomic mass is 9.80. The molecule has 1 fully saturated rings. The maximum absolute atomic E-state index is 12.6. The van der Waals surface area contributed by atoms with Crippen LogP contribution in [0.5, 0.6) is 0 Å². The molecule has 0 aromatic heterocycles. The fourth-order valence-electron chi connectivity index (χ4n) is 2.82. The minimum atomic E-state index is -0.689. The van der Waals surface area contributed by atoms with E-state index in [4.69, 9.17) is 10.8 Å². The lowest BCUT2D eigenvalue weighted by Crippen LogP contribution is -2.41. The summed E-state index contributed by atoms with van der Waals surface area (Å²) in [7, 11) is 0. The molecule has 1 amide bonds. The molecule has 0 spiro atoms. The average molecular weight is 293 g/mol. The number of benzene rings is 2. The summed E-state index contributed by atoms with van der Waals surface area (Å²) in [4.78, 5) is 17.3. The molecule has 4 heteroatoms. The minimum absolute atomic E-state index is 0.0777. The van der Waals surface area contributed by atoms with Crippen LogP contribution >= 0.6 is 0 Å². The number of hydrogen-bond acceptors (Lipinski definition) is 3. The zero-order chi connectivity index (χ0) is 15.6. The van der Waals surface area contributed by atoms with Crippen molar-refractivity contribution in [3.63, 3.8) is 0 Å². The van der Waals surface area contributed by atoms with E-state index < -0.39 is 5.41 Å². The van der Waals surface area contributed by atoms with Crippen LogP contribution in [0.1, 0.15) is 18.9 Å². The van der Waals surface area contributed by atoms with E-state index in [0.717, 1.165) is 17.0 Å². The smallest absolute Gasteiger partial charge is 0.248 e. The first-order chi connectivity index (χ1) is 10.6.